The molecule has 3 aromatic carbocycles. The lowest BCUT2D eigenvalue weighted by atomic mass is 10.0. The van der Waals surface area contributed by atoms with Gasteiger partial charge >= 0.3 is 0 Å². The smallest absolute Gasteiger partial charge is 0.242 e. The maximum atomic E-state index is 13.4. The summed E-state index contributed by atoms with van der Waals surface area (Å²) < 4.78 is 1.02. The second-order valence-electron chi connectivity index (χ2n) is 7.59. The van der Waals surface area contributed by atoms with Crippen LogP contribution in [0.4, 0.5) is 0 Å². The number of halogens is 2. The van der Waals surface area contributed by atoms with Gasteiger partial charge in [-0.1, -0.05) is 82.1 Å². The van der Waals surface area contributed by atoms with Gasteiger partial charge in [0.05, 0.1) is 5.75 Å². The highest BCUT2D eigenvalue weighted by Gasteiger charge is 2.29. The minimum Gasteiger partial charge on any atom is -0.357 e. The molecule has 0 fully saturated rings. The zero-order valence-electron chi connectivity index (χ0n) is 18.3. The van der Waals surface area contributed by atoms with Crippen LogP contribution in [-0.4, -0.2) is 35.6 Å². The fourth-order valence-electron chi connectivity index (χ4n) is 3.43. The predicted octanol–water partition coefficient (Wildman–Crippen LogP) is 5.72. The van der Waals surface area contributed by atoms with Gasteiger partial charge in [-0.05, 0) is 41.0 Å². The molecular formula is C26H26BrClN2O2S. The number of benzene rings is 3. The highest BCUT2D eigenvalue weighted by atomic mass is 79.9. The second-order valence-corrected chi connectivity index (χ2v) is 9.92. The van der Waals surface area contributed by atoms with E-state index in [0.717, 1.165) is 26.9 Å². The number of carbonyl (C=O) groups excluding carboxylic acids is 2. The number of nitrogens with one attached hydrogen (secondary N) is 1. The van der Waals surface area contributed by atoms with Crippen molar-refractivity contribution in [2.45, 2.75) is 24.8 Å². The first kappa shape index (κ1) is 25.3. The number of thioether (sulfide) groups is 1. The van der Waals surface area contributed by atoms with Gasteiger partial charge in [-0.15, -0.1) is 11.8 Å². The van der Waals surface area contributed by atoms with Crippen LogP contribution in [0.15, 0.2) is 83.3 Å². The van der Waals surface area contributed by atoms with Crippen molar-refractivity contribution < 1.29 is 9.59 Å². The minimum absolute atomic E-state index is 0.0726. The van der Waals surface area contributed by atoms with Crippen LogP contribution in [0.1, 0.15) is 16.7 Å². The Bertz CT molecular complexity index is 1050. The van der Waals surface area contributed by atoms with E-state index in [-0.39, 0.29) is 17.6 Å². The van der Waals surface area contributed by atoms with Gasteiger partial charge in [-0.2, -0.15) is 0 Å². The topological polar surface area (TPSA) is 49.4 Å². The molecule has 0 spiro atoms. The van der Waals surface area contributed by atoms with Crippen LogP contribution < -0.4 is 5.32 Å². The number of carbonyl (C=O) groups is 2. The monoisotopic (exact) mass is 544 g/mol. The van der Waals surface area contributed by atoms with E-state index in [1.54, 1.807) is 35.8 Å². The Morgan fingerprint density at radius 2 is 1.58 bits per heavy atom. The number of likely N-dealkylation sites (N-methyl/N-ethyl adjacent to an activating group) is 1. The lowest BCUT2D eigenvalue weighted by molar-refractivity contribution is -0.139. The van der Waals surface area contributed by atoms with Gasteiger partial charge in [0, 0.05) is 35.3 Å². The zero-order valence-corrected chi connectivity index (χ0v) is 21.5. The molecule has 1 unspecified atom stereocenters. The highest BCUT2D eigenvalue weighted by Crippen LogP contribution is 2.20. The Balaban J connectivity index is 1.79. The number of amides is 2. The summed E-state index contributed by atoms with van der Waals surface area (Å²) in [5, 5.41) is 3.37. The first-order valence-corrected chi connectivity index (χ1v) is 12.9. The summed E-state index contributed by atoms with van der Waals surface area (Å²) >= 11 is 11.0. The highest BCUT2D eigenvalue weighted by molar-refractivity contribution is 9.10. The van der Waals surface area contributed by atoms with Gasteiger partial charge in [0.25, 0.3) is 0 Å². The number of nitrogens with zero attached hydrogens (tertiary/aromatic N) is 1. The average Bonchev–Trinajstić information content (AvgIpc) is 2.83. The average molecular weight is 546 g/mol. The molecule has 0 radical (unpaired) electrons. The number of hydrogen-bond acceptors (Lipinski definition) is 3. The number of hydrogen-bond donors (Lipinski definition) is 1. The molecule has 1 atom stereocenters. The Morgan fingerprint density at radius 3 is 2.21 bits per heavy atom. The molecule has 172 valence electrons. The molecule has 0 bridgehead atoms. The molecule has 2 amide bonds. The molecule has 0 aromatic heterocycles. The molecule has 4 nitrogen and oxygen atoms in total. The molecule has 0 saturated carbocycles. The van der Waals surface area contributed by atoms with Crippen LogP contribution >= 0.6 is 39.3 Å². The van der Waals surface area contributed by atoms with E-state index in [1.807, 2.05) is 66.7 Å². The van der Waals surface area contributed by atoms with Gasteiger partial charge in [0.15, 0.2) is 0 Å². The van der Waals surface area contributed by atoms with Gasteiger partial charge in [-0.25, -0.2) is 0 Å². The Morgan fingerprint density at radius 1 is 0.939 bits per heavy atom. The number of rotatable bonds is 10. The third kappa shape index (κ3) is 7.91. The lowest BCUT2D eigenvalue weighted by Crippen LogP contribution is -2.50. The lowest BCUT2D eigenvalue weighted by Gasteiger charge is -2.31. The molecule has 0 aliphatic rings. The summed E-state index contributed by atoms with van der Waals surface area (Å²) in [5.74, 6) is 0.749. The van der Waals surface area contributed by atoms with E-state index in [4.69, 9.17) is 11.6 Å². The van der Waals surface area contributed by atoms with Crippen molar-refractivity contribution in [2.24, 2.45) is 0 Å². The molecule has 0 saturated heterocycles. The van der Waals surface area contributed by atoms with Gasteiger partial charge in [0.1, 0.15) is 6.04 Å². The molecule has 1 N–H and O–H groups in total. The van der Waals surface area contributed by atoms with Crippen molar-refractivity contribution in [2.75, 3.05) is 12.8 Å². The summed E-state index contributed by atoms with van der Waals surface area (Å²) in [6.45, 7) is 0.333. The zero-order chi connectivity index (χ0) is 23.6. The first-order valence-electron chi connectivity index (χ1n) is 10.6. The summed E-state index contributed by atoms with van der Waals surface area (Å²) in [4.78, 5) is 28.0. The van der Waals surface area contributed by atoms with Crippen LogP contribution in [0, 0.1) is 0 Å². The Kier molecular flexibility index (Phi) is 9.85. The molecule has 3 rings (SSSR count). The SMILES string of the molecule is CNC(=O)C(Cc1ccccc1)N(Cc1ccc(Cl)cc1)C(=O)CSCc1ccc(Br)cc1. The van der Waals surface area contributed by atoms with Gasteiger partial charge < -0.3 is 10.2 Å². The van der Waals surface area contributed by atoms with E-state index in [9.17, 15) is 9.59 Å². The van der Waals surface area contributed by atoms with E-state index in [1.165, 1.54) is 0 Å². The Labute approximate surface area is 212 Å². The molecule has 0 aliphatic heterocycles. The van der Waals surface area contributed by atoms with Gasteiger partial charge in [0.2, 0.25) is 11.8 Å². The summed E-state index contributed by atoms with van der Waals surface area (Å²) in [6, 6.07) is 24.6. The maximum Gasteiger partial charge on any atom is 0.242 e. The fourth-order valence-corrected chi connectivity index (χ4v) is 4.69. The maximum absolute atomic E-state index is 13.4. The summed E-state index contributed by atoms with van der Waals surface area (Å²) in [7, 11) is 1.60. The van der Waals surface area contributed by atoms with Crippen LogP contribution in [0.2, 0.25) is 5.02 Å². The minimum atomic E-state index is -0.617. The van der Waals surface area contributed by atoms with Gasteiger partial charge in [-0.3, -0.25) is 9.59 Å². The van der Waals surface area contributed by atoms with Crippen molar-refractivity contribution in [1.29, 1.82) is 0 Å². The summed E-state index contributed by atoms with van der Waals surface area (Å²) in [6.07, 6.45) is 0.442. The van der Waals surface area contributed by atoms with Crippen LogP contribution in [-0.2, 0) is 28.3 Å². The standard InChI is InChI=1S/C26H26BrClN2O2S/c1-29-26(32)24(15-19-5-3-2-4-6-19)30(16-20-9-13-23(28)14-10-20)25(31)18-33-17-21-7-11-22(27)12-8-21/h2-14,24H,15-18H2,1H3,(H,29,32). The van der Waals surface area contributed by atoms with E-state index < -0.39 is 6.04 Å². The van der Waals surface area contributed by atoms with Crippen LogP contribution in [0.25, 0.3) is 0 Å². The van der Waals surface area contributed by atoms with E-state index in [0.29, 0.717) is 18.0 Å². The molecule has 7 heteroatoms. The third-order valence-corrected chi connectivity index (χ3v) is 6.96. The second kappa shape index (κ2) is 12.8. The van der Waals surface area contributed by atoms with Crippen molar-refractivity contribution in [3.8, 4) is 0 Å². The quantitative estimate of drug-likeness (QED) is 0.354. The predicted molar refractivity (Wildman–Crippen MR) is 140 cm³/mol. The van der Waals surface area contributed by atoms with Crippen molar-refractivity contribution >= 4 is 51.1 Å². The fraction of sp³-hybridized carbons (Fsp3) is 0.231. The van der Waals surface area contributed by atoms with Crippen molar-refractivity contribution in [1.82, 2.24) is 10.2 Å². The van der Waals surface area contributed by atoms with Crippen molar-refractivity contribution in [3.05, 3.63) is 105 Å². The van der Waals surface area contributed by atoms with Crippen molar-refractivity contribution in [3.63, 3.8) is 0 Å². The molecule has 33 heavy (non-hydrogen) atoms. The van der Waals surface area contributed by atoms with E-state index >= 15 is 0 Å². The van der Waals surface area contributed by atoms with E-state index in [2.05, 4.69) is 21.2 Å². The Hall–Kier alpha value is -2.28. The summed E-state index contributed by atoms with van der Waals surface area (Å²) in [5.41, 5.74) is 3.07. The first-order chi connectivity index (χ1) is 16.0. The van der Waals surface area contributed by atoms with Crippen LogP contribution in [0.5, 0.6) is 0 Å². The normalized spacial score (nSPS) is 11.6. The largest absolute Gasteiger partial charge is 0.357 e. The third-order valence-electron chi connectivity index (χ3n) is 5.19. The molecule has 0 aliphatic carbocycles. The molecule has 0 heterocycles. The molecular weight excluding hydrogens is 520 g/mol. The molecule has 3 aromatic rings. The van der Waals surface area contributed by atoms with Crippen LogP contribution in [0.3, 0.4) is 0 Å².